The first-order chi connectivity index (χ1) is 7.93. The first-order valence-corrected chi connectivity index (χ1v) is 7.03. The van der Waals surface area contributed by atoms with Crippen LogP contribution in [0.3, 0.4) is 0 Å². The van der Waals surface area contributed by atoms with Crippen LogP contribution in [0, 0.1) is 12.7 Å². The molecule has 1 aromatic carbocycles. The molecule has 17 heavy (non-hydrogen) atoms. The maximum absolute atomic E-state index is 13.1. The van der Waals surface area contributed by atoms with Gasteiger partial charge in [-0.25, -0.2) is 12.8 Å². The van der Waals surface area contributed by atoms with Crippen LogP contribution in [0.5, 0.6) is 0 Å². The zero-order chi connectivity index (χ0) is 12.7. The van der Waals surface area contributed by atoms with Crippen molar-refractivity contribution in [2.24, 2.45) is 0 Å². The molecular formula is C12H15FO3S. The van der Waals surface area contributed by atoms with E-state index < -0.39 is 20.4 Å². The summed E-state index contributed by atoms with van der Waals surface area (Å²) in [6.07, 6.45) is 1.75. The van der Waals surface area contributed by atoms with E-state index in [0.717, 1.165) is 12.5 Å². The van der Waals surface area contributed by atoms with Crippen molar-refractivity contribution in [1.29, 1.82) is 0 Å². The lowest BCUT2D eigenvalue weighted by Gasteiger charge is -2.39. The van der Waals surface area contributed by atoms with E-state index in [-0.39, 0.29) is 11.5 Å². The molecule has 1 aliphatic carbocycles. The molecule has 2 rings (SSSR count). The lowest BCUT2D eigenvalue weighted by molar-refractivity contribution is 0.181. The Hall–Kier alpha value is -0.940. The van der Waals surface area contributed by atoms with E-state index in [0.29, 0.717) is 18.4 Å². The molecule has 0 spiro atoms. The lowest BCUT2D eigenvalue weighted by atomic mass is 9.85. The van der Waals surface area contributed by atoms with Crippen LogP contribution in [-0.2, 0) is 9.84 Å². The molecule has 0 unspecified atom stereocenters. The van der Waals surface area contributed by atoms with E-state index in [4.69, 9.17) is 0 Å². The summed E-state index contributed by atoms with van der Waals surface area (Å²) < 4.78 is 36.8. The van der Waals surface area contributed by atoms with E-state index in [9.17, 15) is 17.9 Å². The van der Waals surface area contributed by atoms with Crippen LogP contribution in [0.2, 0.25) is 0 Å². The molecule has 0 radical (unpaired) electrons. The average Bonchev–Trinajstić information content (AvgIpc) is 2.20. The Kier molecular flexibility index (Phi) is 2.99. The van der Waals surface area contributed by atoms with Gasteiger partial charge in [-0.2, -0.15) is 0 Å². The van der Waals surface area contributed by atoms with Crippen LogP contribution < -0.4 is 0 Å². The van der Waals surface area contributed by atoms with Crippen LogP contribution in [0.1, 0.15) is 24.8 Å². The summed E-state index contributed by atoms with van der Waals surface area (Å²) in [6, 6.07) is 3.76. The van der Waals surface area contributed by atoms with Crippen molar-refractivity contribution >= 4 is 9.84 Å². The summed E-state index contributed by atoms with van der Waals surface area (Å²) in [5, 5.41) is 9.30. The molecule has 0 aliphatic heterocycles. The molecule has 1 aromatic rings. The first-order valence-electron chi connectivity index (χ1n) is 5.55. The first kappa shape index (κ1) is 12.5. The summed E-state index contributed by atoms with van der Waals surface area (Å²) in [4.78, 5) is 0.102. The van der Waals surface area contributed by atoms with Crippen molar-refractivity contribution < 1.29 is 17.9 Å². The summed E-state index contributed by atoms with van der Waals surface area (Å²) in [5.74, 6) is -0.421. The Morgan fingerprint density at radius 2 is 2.06 bits per heavy atom. The second-order valence-corrected chi connectivity index (χ2v) is 6.95. The normalized spacial score (nSPS) is 18.8. The minimum Gasteiger partial charge on any atom is -0.395 e. The smallest absolute Gasteiger partial charge is 0.186 e. The Bertz CT molecular complexity index is 527. The van der Waals surface area contributed by atoms with Crippen molar-refractivity contribution in [2.45, 2.75) is 35.8 Å². The third-order valence-corrected chi connectivity index (χ3v) is 6.11. The fraction of sp³-hybridized carbons (Fsp3) is 0.500. The molecule has 0 bridgehead atoms. The number of benzene rings is 1. The Labute approximate surface area is 100 Å². The van der Waals surface area contributed by atoms with Crippen molar-refractivity contribution in [3.8, 4) is 0 Å². The molecule has 3 nitrogen and oxygen atoms in total. The second kappa shape index (κ2) is 4.07. The Morgan fingerprint density at radius 1 is 1.41 bits per heavy atom. The second-order valence-electron chi connectivity index (χ2n) is 4.61. The fourth-order valence-electron chi connectivity index (χ4n) is 2.12. The van der Waals surface area contributed by atoms with E-state index in [2.05, 4.69) is 0 Å². The summed E-state index contributed by atoms with van der Waals surface area (Å²) >= 11 is 0. The monoisotopic (exact) mass is 258 g/mol. The minimum atomic E-state index is -3.57. The van der Waals surface area contributed by atoms with Crippen molar-refractivity contribution in [1.82, 2.24) is 0 Å². The van der Waals surface area contributed by atoms with Gasteiger partial charge < -0.3 is 5.11 Å². The van der Waals surface area contributed by atoms with Crippen molar-refractivity contribution in [3.63, 3.8) is 0 Å². The zero-order valence-electron chi connectivity index (χ0n) is 9.61. The van der Waals surface area contributed by atoms with Crippen LogP contribution in [0.25, 0.3) is 0 Å². The minimum absolute atomic E-state index is 0.102. The molecule has 1 saturated carbocycles. The largest absolute Gasteiger partial charge is 0.395 e. The standard InChI is InChI=1S/C12H15FO3S/c1-9-7-10(3-4-11(9)13)17(15,16)12(8-14)5-2-6-12/h3-4,7,14H,2,5-6,8H2,1H3. The highest BCUT2D eigenvalue weighted by atomic mass is 32.2. The molecule has 94 valence electrons. The number of hydrogen-bond acceptors (Lipinski definition) is 3. The van der Waals surface area contributed by atoms with Gasteiger partial charge in [-0.3, -0.25) is 0 Å². The summed E-state index contributed by atoms with van der Waals surface area (Å²) in [7, 11) is -3.57. The molecule has 1 N–H and O–H groups in total. The van der Waals surface area contributed by atoms with Crippen LogP contribution >= 0.6 is 0 Å². The molecule has 0 aromatic heterocycles. The van der Waals surface area contributed by atoms with Crippen molar-refractivity contribution in [2.75, 3.05) is 6.61 Å². The molecule has 0 saturated heterocycles. The molecule has 1 fully saturated rings. The predicted octanol–water partition coefficient (Wildman–Crippen LogP) is 1.82. The lowest BCUT2D eigenvalue weighted by Crippen LogP contribution is -2.48. The van der Waals surface area contributed by atoms with E-state index in [1.807, 2.05) is 0 Å². The highest BCUT2D eigenvalue weighted by Crippen LogP contribution is 2.42. The zero-order valence-corrected chi connectivity index (χ0v) is 10.4. The van der Waals surface area contributed by atoms with Crippen LogP contribution in [-0.4, -0.2) is 24.9 Å². The van der Waals surface area contributed by atoms with Crippen LogP contribution in [0.15, 0.2) is 23.1 Å². The van der Waals surface area contributed by atoms with Gasteiger partial charge in [0.25, 0.3) is 0 Å². The topological polar surface area (TPSA) is 54.4 Å². The van der Waals surface area contributed by atoms with Gasteiger partial charge >= 0.3 is 0 Å². The predicted molar refractivity (Wildman–Crippen MR) is 62.0 cm³/mol. The third-order valence-electron chi connectivity index (χ3n) is 3.56. The van der Waals surface area contributed by atoms with Gasteiger partial charge in [0, 0.05) is 0 Å². The van der Waals surface area contributed by atoms with Gasteiger partial charge in [0.1, 0.15) is 5.82 Å². The van der Waals surface area contributed by atoms with Gasteiger partial charge in [-0.05, 0) is 43.5 Å². The summed E-state index contributed by atoms with van der Waals surface area (Å²) in [6.45, 7) is 1.16. The van der Waals surface area contributed by atoms with Crippen molar-refractivity contribution in [3.05, 3.63) is 29.6 Å². The van der Waals surface area contributed by atoms with Gasteiger partial charge in [-0.1, -0.05) is 6.42 Å². The molecule has 1 aliphatic rings. The maximum atomic E-state index is 13.1. The highest BCUT2D eigenvalue weighted by Gasteiger charge is 2.49. The molecule has 5 heteroatoms. The maximum Gasteiger partial charge on any atom is 0.186 e. The number of aliphatic hydroxyl groups excluding tert-OH is 1. The number of hydrogen-bond donors (Lipinski definition) is 1. The SMILES string of the molecule is Cc1cc(S(=O)(=O)C2(CO)CCC2)ccc1F. The van der Waals surface area contributed by atoms with E-state index >= 15 is 0 Å². The number of aryl methyl sites for hydroxylation is 1. The van der Waals surface area contributed by atoms with Gasteiger partial charge in [0.15, 0.2) is 9.84 Å². The number of aliphatic hydroxyl groups is 1. The van der Waals surface area contributed by atoms with Gasteiger partial charge in [-0.15, -0.1) is 0 Å². The Morgan fingerprint density at radius 3 is 2.47 bits per heavy atom. The molecule has 0 heterocycles. The fourth-order valence-corrected chi connectivity index (χ4v) is 4.19. The number of rotatable bonds is 3. The van der Waals surface area contributed by atoms with Gasteiger partial charge in [0.05, 0.1) is 16.2 Å². The molecular weight excluding hydrogens is 243 g/mol. The van der Waals surface area contributed by atoms with Gasteiger partial charge in [0.2, 0.25) is 0 Å². The quantitative estimate of drug-likeness (QED) is 0.841. The number of sulfone groups is 1. The summed E-state index contributed by atoms with van der Waals surface area (Å²) in [5.41, 5.74) is 0.304. The molecule has 0 amide bonds. The molecule has 0 atom stereocenters. The third kappa shape index (κ3) is 1.77. The van der Waals surface area contributed by atoms with E-state index in [1.165, 1.54) is 19.1 Å². The van der Waals surface area contributed by atoms with Crippen LogP contribution in [0.4, 0.5) is 4.39 Å². The highest BCUT2D eigenvalue weighted by molar-refractivity contribution is 7.93. The Balaban J connectivity index is 2.48. The average molecular weight is 258 g/mol. The number of halogens is 1. The van der Waals surface area contributed by atoms with E-state index in [1.54, 1.807) is 0 Å².